The minimum atomic E-state index is -0.513. The highest BCUT2D eigenvalue weighted by Crippen LogP contribution is 2.43. The Balaban J connectivity index is 2.42. The average Bonchev–Trinajstić information content (AvgIpc) is 2.73. The summed E-state index contributed by atoms with van der Waals surface area (Å²) in [6.45, 7) is 2.06. The summed E-state index contributed by atoms with van der Waals surface area (Å²) in [4.78, 5) is 2.23. The van der Waals surface area contributed by atoms with Gasteiger partial charge in [0.2, 0.25) is 0 Å². The van der Waals surface area contributed by atoms with Crippen molar-refractivity contribution in [3.05, 3.63) is 29.3 Å². The minimum absolute atomic E-state index is 0.183. The summed E-state index contributed by atoms with van der Waals surface area (Å²) in [6.07, 6.45) is 6.48. The van der Waals surface area contributed by atoms with Gasteiger partial charge in [0.25, 0.3) is 0 Å². The Bertz CT molecular complexity index is 462. The van der Waals surface area contributed by atoms with Crippen molar-refractivity contribution >= 4 is 0 Å². The smallest absolute Gasteiger partial charge is 0.124 e. The van der Waals surface area contributed by atoms with E-state index in [4.69, 9.17) is 4.74 Å². The molecule has 1 saturated carbocycles. The molecule has 0 amide bonds. The first-order valence-corrected chi connectivity index (χ1v) is 8.01. The van der Waals surface area contributed by atoms with E-state index < -0.39 is 6.10 Å². The molecule has 3 heteroatoms. The largest absolute Gasteiger partial charge is 0.496 e. The van der Waals surface area contributed by atoms with Crippen molar-refractivity contribution in [3.63, 3.8) is 0 Å². The molecule has 0 radical (unpaired) electrons. The van der Waals surface area contributed by atoms with Gasteiger partial charge >= 0.3 is 0 Å². The summed E-state index contributed by atoms with van der Waals surface area (Å²) >= 11 is 0. The van der Waals surface area contributed by atoms with Gasteiger partial charge in [-0.3, -0.25) is 0 Å². The zero-order valence-corrected chi connectivity index (χ0v) is 13.9. The predicted molar refractivity (Wildman–Crippen MR) is 86.8 cm³/mol. The van der Waals surface area contributed by atoms with E-state index in [1.807, 2.05) is 12.1 Å². The molecule has 1 aromatic carbocycles. The van der Waals surface area contributed by atoms with E-state index >= 15 is 0 Å². The van der Waals surface area contributed by atoms with Gasteiger partial charge in [-0.1, -0.05) is 37.3 Å². The number of nitrogens with zero attached hydrogens (tertiary/aromatic N) is 1. The maximum atomic E-state index is 11.2. The fourth-order valence-corrected chi connectivity index (χ4v) is 3.66. The van der Waals surface area contributed by atoms with Crippen LogP contribution in [0.1, 0.15) is 55.8 Å². The van der Waals surface area contributed by atoms with Crippen molar-refractivity contribution in [2.45, 2.75) is 57.1 Å². The lowest BCUT2D eigenvalue weighted by Crippen LogP contribution is -2.49. The van der Waals surface area contributed by atoms with Crippen LogP contribution in [0.3, 0.4) is 0 Å². The van der Waals surface area contributed by atoms with Gasteiger partial charge in [-0.25, -0.2) is 0 Å². The molecule has 0 spiro atoms. The quantitative estimate of drug-likeness (QED) is 0.859. The van der Waals surface area contributed by atoms with Gasteiger partial charge in [-0.05, 0) is 46.0 Å². The highest BCUT2D eigenvalue weighted by atomic mass is 16.5. The molecule has 1 aromatic rings. The van der Waals surface area contributed by atoms with Crippen molar-refractivity contribution in [3.8, 4) is 5.75 Å². The second-order valence-electron chi connectivity index (χ2n) is 6.56. The molecule has 3 nitrogen and oxygen atoms in total. The third-order valence-corrected chi connectivity index (χ3v) is 5.05. The molecule has 1 atom stereocenters. The standard InChI is InChI=1S/C18H29NO2/c1-14-9-10-16(21-4)15(13-14)17(20)18(19(2)3)11-7-5-6-8-12-18/h9-10,13,17,20H,5-8,11-12H2,1-4H3. The number of hydrogen-bond donors (Lipinski definition) is 1. The maximum absolute atomic E-state index is 11.2. The van der Waals surface area contributed by atoms with E-state index in [0.29, 0.717) is 0 Å². The van der Waals surface area contributed by atoms with Crippen LogP contribution in [-0.2, 0) is 0 Å². The lowest BCUT2D eigenvalue weighted by atomic mass is 9.79. The molecule has 118 valence electrons. The molecule has 2 rings (SSSR count). The highest BCUT2D eigenvalue weighted by Gasteiger charge is 2.41. The molecule has 1 unspecified atom stereocenters. The van der Waals surface area contributed by atoms with Crippen molar-refractivity contribution < 1.29 is 9.84 Å². The van der Waals surface area contributed by atoms with Crippen LogP contribution in [0, 0.1) is 6.92 Å². The number of aryl methyl sites for hydroxylation is 1. The Morgan fingerprint density at radius 2 is 1.76 bits per heavy atom. The van der Waals surface area contributed by atoms with Crippen LogP contribution in [0.2, 0.25) is 0 Å². The SMILES string of the molecule is COc1ccc(C)cc1C(O)C1(N(C)C)CCCCCC1. The Labute approximate surface area is 128 Å². The van der Waals surface area contributed by atoms with Gasteiger partial charge < -0.3 is 14.7 Å². The van der Waals surface area contributed by atoms with Crippen LogP contribution >= 0.6 is 0 Å². The Morgan fingerprint density at radius 1 is 1.14 bits per heavy atom. The van der Waals surface area contributed by atoms with E-state index in [-0.39, 0.29) is 5.54 Å². The maximum Gasteiger partial charge on any atom is 0.124 e. The number of rotatable bonds is 4. The van der Waals surface area contributed by atoms with Crippen molar-refractivity contribution in [1.29, 1.82) is 0 Å². The zero-order valence-electron chi connectivity index (χ0n) is 13.9. The van der Waals surface area contributed by atoms with Crippen LogP contribution in [0.5, 0.6) is 5.75 Å². The summed E-state index contributed by atoms with van der Waals surface area (Å²) < 4.78 is 5.49. The number of ether oxygens (including phenoxy) is 1. The first-order chi connectivity index (χ1) is 10.0. The molecule has 21 heavy (non-hydrogen) atoms. The molecule has 1 aliphatic rings. The van der Waals surface area contributed by atoms with Gasteiger partial charge in [0, 0.05) is 5.56 Å². The third-order valence-electron chi connectivity index (χ3n) is 5.05. The van der Waals surface area contributed by atoms with Gasteiger partial charge in [-0.15, -0.1) is 0 Å². The highest BCUT2D eigenvalue weighted by molar-refractivity contribution is 5.40. The third kappa shape index (κ3) is 3.24. The van der Waals surface area contributed by atoms with Crippen LogP contribution < -0.4 is 4.74 Å². The monoisotopic (exact) mass is 291 g/mol. The van der Waals surface area contributed by atoms with E-state index in [0.717, 1.165) is 29.7 Å². The number of likely N-dealkylation sites (N-methyl/N-ethyl adjacent to an activating group) is 1. The molecular formula is C18H29NO2. The molecular weight excluding hydrogens is 262 g/mol. The Kier molecular flexibility index (Phi) is 5.28. The van der Waals surface area contributed by atoms with Gasteiger partial charge in [0.05, 0.1) is 12.6 Å². The topological polar surface area (TPSA) is 32.7 Å². The van der Waals surface area contributed by atoms with Crippen LogP contribution in [-0.4, -0.2) is 36.8 Å². The fraction of sp³-hybridized carbons (Fsp3) is 0.667. The van der Waals surface area contributed by atoms with Crippen molar-refractivity contribution in [2.75, 3.05) is 21.2 Å². The Morgan fingerprint density at radius 3 is 2.29 bits per heavy atom. The molecule has 0 aromatic heterocycles. The second kappa shape index (κ2) is 6.80. The summed E-state index contributed by atoms with van der Waals surface area (Å²) in [5.41, 5.74) is 1.90. The number of aliphatic hydroxyl groups is 1. The predicted octanol–water partition coefficient (Wildman–Crippen LogP) is 3.69. The second-order valence-corrected chi connectivity index (χ2v) is 6.56. The Hall–Kier alpha value is -1.06. The van der Waals surface area contributed by atoms with Crippen LogP contribution in [0.25, 0.3) is 0 Å². The van der Waals surface area contributed by atoms with E-state index in [1.165, 1.54) is 25.7 Å². The molecule has 1 fully saturated rings. The summed E-state index contributed by atoms with van der Waals surface area (Å²) in [7, 11) is 5.87. The zero-order chi connectivity index (χ0) is 15.5. The lowest BCUT2D eigenvalue weighted by Gasteiger charge is -2.44. The summed E-state index contributed by atoms with van der Waals surface area (Å²) in [6, 6.07) is 6.07. The van der Waals surface area contributed by atoms with Gasteiger partial charge in [0.1, 0.15) is 11.9 Å². The molecule has 0 bridgehead atoms. The fourth-order valence-electron chi connectivity index (χ4n) is 3.66. The average molecular weight is 291 g/mol. The molecule has 0 aliphatic heterocycles. The lowest BCUT2D eigenvalue weighted by molar-refractivity contribution is -0.0210. The van der Waals surface area contributed by atoms with Crippen LogP contribution in [0.4, 0.5) is 0 Å². The van der Waals surface area contributed by atoms with Crippen LogP contribution in [0.15, 0.2) is 18.2 Å². The van der Waals surface area contributed by atoms with E-state index in [9.17, 15) is 5.11 Å². The minimum Gasteiger partial charge on any atom is -0.496 e. The van der Waals surface area contributed by atoms with Gasteiger partial charge in [-0.2, -0.15) is 0 Å². The van der Waals surface area contributed by atoms with Gasteiger partial charge in [0.15, 0.2) is 0 Å². The van der Waals surface area contributed by atoms with Crippen molar-refractivity contribution in [2.24, 2.45) is 0 Å². The molecule has 0 saturated heterocycles. The number of benzene rings is 1. The normalized spacial score (nSPS) is 20.1. The first kappa shape index (κ1) is 16.3. The summed E-state index contributed by atoms with van der Waals surface area (Å²) in [5.74, 6) is 0.790. The van der Waals surface area contributed by atoms with E-state index in [1.54, 1.807) is 7.11 Å². The molecule has 1 aliphatic carbocycles. The number of hydrogen-bond acceptors (Lipinski definition) is 3. The molecule has 0 heterocycles. The number of methoxy groups -OCH3 is 1. The number of aliphatic hydroxyl groups excluding tert-OH is 1. The first-order valence-electron chi connectivity index (χ1n) is 8.01. The summed E-state index contributed by atoms with van der Waals surface area (Å²) in [5, 5.41) is 11.2. The van der Waals surface area contributed by atoms with E-state index in [2.05, 4.69) is 32.0 Å². The van der Waals surface area contributed by atoms with Crippen molar-refractivity contribution in [1.82, 2.24) is 4.90 Å². The molecule has 1 N–H and O–H groups in total.